The van der Waals surface area contributed by atoms with Crippen molar-refractivity contribution >= 4 is 38.3 Å². The molecule has 2 atom stereocenters. The summed E-state index contributed by atoms with van der Waals surface area (Å²) in [6.07, 6.45) is 2.69. The minimum Gasteiger partial charge on any atom is -0.480 e. The predicted octanol–water partition coefficient (Wildman–Crippen LogP) is 1.02. The molecule has 4 rings (SSSR count). The fraction of sp³-hybridized carbons (Fsp3) is 0.316. The van der Waals surface area contributed by atoms with E-state index in [1.807, 2.05) is 0 Å². The van der Waals surface area contributed by atoms with E-state index < -0.39 is 37.7 Å². The molecule has 1 aromatic carbocycles. The molecular formula is C19H20FN7O4S. The van der Waals surface area contributed by atoms with Crippen molar-refractivity contribution in [1.82, 2.24) is 19.9 Å². The minimum atomic E-state index is -4.13. The van der Waals surface area contributed by atoms with Crippen LogP contribution in [0.5, 0.6) is 5.88 Å². The fourth-order valence-electron chi connectivity index (χ4n) is 3.38. The Bertz CT molecular complexity index is 1360. The van der Waals surface area contributed by atoms with Crippen molar-refractivity contribution in [2.75, 3.05) is 18.2 Å². The molecule has 0 saturated carbocycles. The Hall–Kier alpha value is -3.45. The molecule has 4 N–H and O–H groups in total. The number of nitrogens with zero attached hydrogens (tertiary/aromatic N) is 5. The van der Waals surface area contributed by atoms with Gasteiger partial charge in [-0.1, -0.05) is 0 Å². The Morgan fingerprint density at radius 1 is 1.25 bits per heavy atom. The molecule has 0 bridgehead atoms. The summed E-state index contributed by atoms with van der Waals surface area (Å²) in [5.74, 6) is -1.23. The lowest BCUT2D eigenvalue weighted by molar-refractivity contribution is 0.204. The molecule has 0 fully saturated rings. The molecule has 3 aromatic rings. The summed E-state index contributed by atoms with van der Waals surface area (Å²) in [4.78, 5) is 18.5. The lowest BCUT2D eigenvalue weighted by atomic mass is 9.93. The molecule has 168 valence electrons. The van der Waals surface area contributed by atoms with E-state index in [2.05, 4.69) is 30.2 Å². The Morgan fingerprint density at radius 3 is 2.69 bits per heavy atom. The Kier molecular flexibility index (Phi) is 4.97. The number of fused-ring (bicyclic) bond motifs is 1. The van der Waals surface area contributed by atoms with Gasteiger partial charge in [0.15, 0.2) is 26.8 Å². The number of aliphatic hydroxyl groups is 1. The molecule has 13 heteroatoms. The van der Waals surface area contributed by atoms with Crippen LogP contribution in [0, 0.1) is 5.82 Å². The van der Waals surface area contributed by atoms with Crippen LogP contribution in [0.2, 0.25) is 0 Å². The van der Waals surface area contributed by atoms with E-state index in [9.17, 15) is 17.9 Å². The molecule has 1 aliphatic heterocycles. The maximum absolute atomic E-state index is 14.8. The highest BCUT2D eigenvalue weighted by Gasteiger charge is 2.51. The molecule has 32 heavy (non-hydrogen) atoms. The molecule has 2 aromatic heterocycles. The highest BCUT2D eigenvalue weighted by molar-refractivity contribution is 7.93. The number of benzene rings is 1. The van der Waals surface area contributed by atoms with Crippen LogP contribution in [0.3, 0.4) is 0 Å². The molecule has 0 unspecified atom stereocenters. The summed E-state index contributed by atoms with van der Waals surface area (Å²) >= 11 is 0. The summed E-state index contributed by atoms with van der Waals surface area (Å²) in [5.41, 5.74) is 5.20. The van der Waals surface area contributed by atoms with Gasteiger partial charge in [-0.05, 0) is 32.0 Å². The zero-order valence-electron chi connectivity index (χ0n) is 17.4. The number of hydrogen-bond acceptors (Lipinski definition) is 11. The summed E-state index contributed by atoms with van der Waals surface area (Å²) in [5, 5.41) is 13.2. The molecule has 0 amide bonds. The molecule has 1 aliphatic rings. The van der Waals surface area contributed by atoms with Gasteiger partial charge < -0.3 is 20.9 Å². The van der Waals surface area contributed by atoms with Crippen molar-refractivity contribution in [2.24, 2.45) is 10.7 Å². The number of halogens is 1. The van der Waals surface area contributed by atoms with Crippen molar-refractivity contribution in [3.05, 3.63) is 42.1 Å². The number of aliphatic imine (C=N–C) groups is 1. The van der Waals surface area contributed by atoms with Gasteiger partial charge in [-0.3, -0.25) is 4.99 Å². The topological polar surface area (TPSA) is 166 Å². The van der Waals surface area contributed by atoms with Gasteiger partial charge in [0.05, 0.1) is 19.1 Å². The molecular weight excluding hydrogens is 441 g/mol. The number of methoxy groups -OCH3 is 1. The van der Waals surface area contributed by atoms with Crippen molar-refractivity contribution < 1.29 is 22.7 Å². The van der Waals surface area contributed by atoms with Crippen LogP contribution in [-0.4, -0.2) is 57.1 Å². The molecule has 0 radical (unpaired) electrons. The van der Waals surface area contributed by atoms with Crippen LogP contribution in [0.15, 0.2) is 35.7 Å². The van der Waals surface area contributed by atoms with Gasteiger partial charge in [-0.2, -0.15) is 4.98 Å². The van der Waals surface area contributed by atoms with E-state index >= 15 is 0 Å². The second-order valence-electron chi connectivity index (χ2n) is 7.64. The third-order valence-electron chi connectivity index (χ3n) is 5.26. The largest absolute Gasteiger partial charge is 0.480 e. The number of aromatic nitrogens is 4. The smallest absolute Gasteiger partial charge is 0.234 e. The number of rotatable bonds is 4. The Labute approximate surface area is 182 Å². The van der Waals surface area contributed by atoms with Crippen LogP contribution in [0.25, 0.3) is 11.2 Å². The molecule has 0 saturated heterocycles. The van der Waals surface area contributed by atoms with Gasteiger partial charge in [-0.15, -0.1) is 0 Å². The van der Waals surface area contributed by atoms with Crippen LogP contribution in [-0.2, 0) is 15.4 Å². The lowest BCUT2D eigenvalue weighted by Gasteiger charge is -2.37. The first-order chi connectivity index (χ1) is 15.0. The molecule has 3 heterocycles. The van der Waals surface area contributed by atoms with Crippen molar-refractivity contribution in [1.29, 1.82) is 0 Å². The van der Waals surface area contributed by atoms with Crippen LogP contribution < -0.4 is 15.8 Å². The Balaban J connectivity index is 1.77. The first-order valence-electron chi connectivity index (χ1n) is 9.36. The molecule has 0 aliphatic carbocycles. The Morgan fingerprint density at radius 2 is 2.00 bits per heavy atom. The van der Waals surface area contributed by atoms with E-state index in [0.717, 1.165) is 6.92 Å². The average molecular weight is 461 g/mol. The highest BCUT2D eigenvalue weighted by Crippen LogP contribution is 2.38. The number of anilines is 2. The van der Waals surface area contributed by atoms with Crippen molar-refractivity contribution in [3.63, 3.8) is 0 Å². The van der Waals surface area contributed by atoms with E-state index in [1.165, 1.54) is 44.8 Å². The van der Waals surface area contributed by atoms with Crippen LogP contribution in [0.1, 0.15) is 19.4 Å². The highest BCUT2D eigenvalue weighted by atomic mass is 32.2. The number of amidine groups is 1. The summed E-state index contributed by atoms with van der Waals surface area (Å²) in [7, 11) is -2.67. The van der Waals surface area contributed by atoms with Crippen LogP contribution in [0.4, 0.5) is 15.9 Å². The number of nitrogens with two attached hydrogens (primary N) is 1. The second kappa shape index (κ2) is 7.31. The van der Waals surface area contributed by atoms with Crippen molar-refractivity contribution in [2.45, 2.75) is 24.3 Å². The van der Waals surface area contributed by atoms with Gasteiger partial charge in [0.1, 0.15) is 23.5 Å². The average Bonchev–Trinajstić information content (AvgIpc) is 2.73. The first kappa shape index (κ1) is 21.8. The van der Waals surface area contributed by atoms with Crippen LogP contribution >= 0.6 is 0 Å². The predicted molar refractivity (Wildman–Crippen MR) is 115 cm³/mol. The maximum atomic E-state index is 14.8. The monoisotopic (exact) mass is 461 g/mol. The van der Waals surface area contributed by atoms with Gasteiger partial charge in [0.25, 0.3) is 0 Å². The second-order valence-corrected chi connectivity index (χ2v) is 9.95. The minimum absolute atomic E-state index is 0.0179. The van der Waals surface area contributed by atoms with E-state index in [4.69, 9.17) is 10.5 Å². The summed E-state index contributed by atoms with van der Waals surface area (Å²) < 4.78 is 45.0. The van der Waals surface area contributed by atoms with Gasteiger partial charge in [0.2, 0.25) is 10.8 Å². The standard InChI is InChI=1S/C19H20FN7O4S/c1-18(8-32(29,30)19(2,28)17(21)27-18)11-6-10(4-5-12(11)20)25-15-14-16(24-9-23-15)26-13(31-3)7-22-14/h4-7,9,28H,8H2,1-3H3,(H2,21,27)(H,23,24,25,26)/t18-,19+/m0/s1. The third-order valence-corrected chi connectivity index (χ3v) is 7.62. The first-order valence-corrected chi connectivity index (χ1v) is 11.0. The van der Waals surface area contributed by atoms with Gasteiger partial charge >= 0.3 is 0 Å². The normalized spacial score (nSPS) is 24.7. The fourth-order valence-corrected chi connectivity index (χ4v) is 4.98. The van der Waals surface area contributed by atoms with E-state index in [-0.39, 0.29) is 17.1 Å². The number of ether oxygens (including phenoxy) is 1. The van der Waals surface area contributed by atoms with Crippen molar-refractivity contribution in [3.8, 4) is 5.88 Å². The molecule has 11 nitrogen and oxygen atoms in total. The number of sulfone groups is 1. The summed E-state index contributed by atoms with van der Waals surface area (Å²) in [6.45, 7) is 2.48. The SMILES string of the molecule is COc1cnc2c(Nc3ccc(F)c([C@]4(C)CS(=O)(=O)[C@@](C)(O)C(N)=N4)c3)ncnc2n1. The molecule has 0 spiro atoms. The number of hydrogen-bond donors (Lipinski definition) is 3. The van der Waals surface area contributed by atoms with Gasteiger partial charge in [0, 0.05) is 11.3 Å². The quantitative estimate of drug-likeness (QED) is 0.510. The maximum Gasteiger partial charge on any atom is 0.234 e. The van der Waals surface area contributed by atoms with E-state index in [1.54, 1.807) is 0 Å². The number of nitrogens with one attached hydrogen (secondary N) is 1. The van der Waals surface area contributed by atoms with Gasteiger partial charge in [-0.25, -0.2) is 27.8 Å². The zero-order valence-corrected chi connectivity index (χ0v) is 18.2. The van der Waals surface area contributed by atoms with E-state index in [0.29, 0.717) is 17.0 Å². The zero-order chi connectivity index (χ0) is 23.3. The lowest BCUT2D eigenvalue weighted by Crippen LogP contribution is -2.56. The third kappa shape index (κ3) is 3.48. The summed E-state index contributed by atoms with van der Waals surface area (Å²) in [6, 6.07) is 4.03.